The predicted octanol–water partition coefficient (Wildman–Crippen LogP) is 3.72. The van der Waals surface area contributed by atoms with Crippen LogP contribution in [0.3, 0.4) is 0 Å². The first-order valence-corrected chi connectivity index (χ1v) is 8.47. The second-order valence-corrected chi connectivity index (χ2v) is 6.41. The van der Waals surface area contributed by atoms with Gasteiger partial charge in [0, 0.05) is 33.4 Å². The van der Waals surface area contributed by atoms with Crippen LogP contribution in [0.15, 0.2) is 24.5 Å². The van der Waals surface area contributed by atoms with Gasteiger partial charge in [-0.25, -0.2) is 9.50 Å². The Morgan fingerprint density at radius 3 is 2.64 bits per heavy atom. The average Bonchev–Trinajstić information content (AvgIpc) is 3.02. The van der Waals surface area contributed by atoms with Gasteiger partial charge in [0.25, 0.3) is 5.78 Å². The van der Waals surface area contributed by atoms with Gasteiger partial charge in [-0.05, 0) is 38.0 Å². The van der Waals surface area contributed by atoms with E-state index < -0.39 is 0 Å². The number of carbonyl (C=O) groups excluding carboxylic acids is 1. The van der Waals surface area contributed by atoms with E-state index in [9.17, 15) is 4.79 Å². The standard InChI is InChI=1S/C17H16Cl2N4O2/c1-10-12(11(2)23-17(22-10)20-9-21-23)6-7-16(24)25-8-13-14(18)4-3-5-15(13)19/h3-5,9H,6-8H2,1-2H3. The summed E-state index contributed by atoms with van der Waals surface area (Å²) in [5, 5.41) is 5.10. The summed E-state index contributed by atoms with van der Waals surface area (Å²) < 4.78 is 6.96. The number of carbonyl (C=O) groups is 1. The number of esters is 1. The van der Waals surface area contributed by atoms with Crippen LogP contribution in [0.5, 0.6) is 0 Å². The third kappa shape index (κ3) is 3.75. The van der Waals surface area contributed by atoms with Crippen LogP contribution >= 0.6 is 23.2 Å². The Morgan fingerprint density at radius 2 is 1.92 bits per heavy atom. The molecule has 0 N–H and O–H groups in total. The third-order valence-electron chi connectivity index (χ3n) is 4.01. The second-order valence-electron chi connectivity index (χ2n) is 5.59. The van der Waals surface area contributed by atoms with Crippen molar-refractivity contribution in [2.75, 3.05) is 0 Å². The molecule has 3 rings (SSSR count). The van der Waals surface area contributed by atoms with Crippen molar-refractivity contribution in [2.45, 2.75) is 33.3 Å². The van der Waals surface area contributed by atoms with E-state index in [1.54, 1.807) is 22.7 Å². The molecule has 2 heterocycles. The number of hydrogen-bond donors (Lipinski definition) is 0. The van der Waals surface area contributed by atoms with Crippen LogP contribution in [0.25, 0.3) is 5.78 Å². The molecule has 0 saturated heterocycles. The van der Waals surface area contributed by atoms with E-state index in [1.165, 1.54) is 6.33 Å². The highest BCUT2D eigenvalue weighted by Gasteiger charge is 2.14. The van der Waals surface area contributed by atoms with Crippen molar-refractivity contribution in [3.05, 3.63) is 57.1 Å². The summed E-state index contributed by atoms with van der Waals surface area (Å²) in [5.74, 6) is 0.225. The highest BCUT2D eigenvalue weighted by Crippen LogP contribution is 2.25. The molecule has 0 aliphatic rings. The van der Waals surface area contributed by atoms with E-state index in [-0.39, 0.29) is 19.0 Å². The Balaban J connectivity index is 1.65. The lowest BCUT2D eigenvalue weighted by atomic mass is 10.1. The monoisotopic (exact) mass is 378 g/mol. The molecule has 130 valence electrons. The molecule has 0 aliphatic heterocycles. The van der Waals surface area contributed by atoms with Crippen LogP contribution in [0.2, 0.25) is 10.0 Å². The lowest BCUT2D eigenvalue weighted by molar-refractivity contribution is -0.144. The Bertz CT molecular complexity index is 920. The predicted molar refractivity (Wildman–Crippen MR) is 94.8 cm³/mol. The molecule has 0 saturated carbocycles. The summed E-state index contributed by atoms with van der Waals surface area (Å²) in [6.45, 7) is 3.88. The summed E-state index contributed by atoms with van der Waals surface area (Å²) in [6, 6.07) is 5.17. The van der Waals surface area contributed by atoms with Crippen LogP contribution in [-0.4, -0.2) is 25.6 Å². The van der Waals surface area contributed by atoms with Crippen molar-refractivity contribution in [3.8, 4) is 0 Å². The molecule has 1 aromatic carbocycles. The number of ether oxygens (including phenoxy) is 1. The van der Waals surface area contributed by atoms with Gasteiger partial charge in [0.2, 0.25) is 0 Å². The topological polar surface area (TPSA) is 69.4 Å². The van der Waals surface area contributed by atoms with Gasteiger partial charge in [0.05, 0.1) is 0 Å². The molecule has 0 spiro atoms. The minimum atomic E-state index is -0.325. The number of aromatic nitrogens is 4. The zero-order chi connectivity index (χ0) is 18.0. The van der Waals surface area contributed by atoms with Gasteiger partial charge in [0.15, 0.2) is 0 Å². The first-order valence-electron chi connectivity index (χ1n) is 7.71. The van der Waals surface area contributed by atoms with E-state index in [0.717, 1.165) is 17.0 Å². The van der Waals surface area contributed by atoms with Crippen molar-refractivity contribution in [1.29, 1.82) is 0 Å². The zero-order valence-corrected chi connectivity index (χ0v) is 15.3. The number of halogens is 2. The Labute approximate surface area is 154 Å². The molecule has 8 heteroatoms. The van der Waals surface area contributed by atoms with E-state index in [1.807, 2.05) is 13.8 Å². The number of fused-ring (bicyclic) bond motifs is 1. The van der Waals surface area contributed by atoms with Crippen LogP contribution in [0, 0.1) is 13.8 Å². The first kappa shape index (κ1) is 17.6. The maximum absolute atomic E-state index is 12.1. The highest BCUT2D eigenvalue weighted by molar-refractivity contribution is 6.35. The Kier molecular flexibility index (Phi) is 5.20. The molecular formula is C17H16Cl2N4O2. The molecule has 0 aliphatic carbocycles. The molecule has 0 bridgehead atoms. The Morgan fingerprint density at radius 1 is 1.20 bits per heavy atom. The maximum Gasteiger partial charge on any atom is 0.306 e. The smallest absolute Gasteiger partial charge is 0.306 e. The van der Waals surface area contributed by atoms with E-state index >= 15 is 0 Å². The van der Waals surface area contributed by atoms with Gasteiger partial charge in [-0.1, -0.05) is 29.3 Å². The molecule has 0 atom stereocenters. The molecule has 3 aromatic rings. The number of hydrogen-bond acceptors (Lipinski definition) is 5. The molecule has 2 aromatic heterocycles. The van der Waals surface area contributed by atoms with Crippen LogP contribution in [0.4, 0.5) is 0 Å². The van der Waals surface area contributed by atoms with Gasteiger partial charge < -0.3 is 4.74 Å². The van der Waals surface area contributed by atoms with Gasteiger partial charge >= 0.3 is 5.97 Å². The fourth-order valence-corrected chi connectivity index (χ4v) is 3.15. The number of nitrogens with zero attached hydrogens (tertiary/aromatic N) is 4. The van der Waals surface area contributed by atoms with Crippen LogP contribution in [-0.2, 0) is 22.6 Å². The van der Waals surface area contributed by atoms with Gasteiger partial charge in [0.1, 0.15) is 12.9 Å². The SMILES string of the molecule is Cc1nc2ncnn2c(C)c1CCC(=O)OCc1c(Cl)cccc1Cl. The molecule has 0 amide bonds. The third-order valence-corrected chi connectivity index (χ3v) is 4.72. The summed E-state index contributed by atoms with van der Waals surface area (Å²) in [4.78, 5) is 20.6. The fourth-order valence-electron chi connectivity index (χ4n) is 2.64. The molecular weight excluding hydrogens is 363 g/mol. The molecule has 0 unspecified atom stereocenters. The van der Waals surface area contributed by atoms with Crippen molar-refractivity contribution in [3.63, 3.8) is 0 Å². The van der Waals surface area contributed by atoms with E-state index in [4.69, 9.17) is 27.9 Å². The maximum atomic E-state index is 12.1. The van der Waals surface area contributed by atoms with Crippen molar-refractivity contribution in [1.82, 2.24) is 19.6 Å². The normalized spacial score (nSPS) is 11.0. The lowest BCUT2D eigenvalue weighted by Gasteiger charge is -2.11. The van der Waals surface area contributed by atoms with Gasteiger partial charge in [-0.15, -0.1) is 0 Å². The average molecular weight is 379 g/mol. The molecule has 25 heavy (non-hydrogen) atoms. The summed E-state index contributed by atoms with van der Waals surface area (Å²) in [7, 11) is 0. The van der Waals surface area contributed by atoms with Crippen LogP contribution < -0.4 is 0 Å². The quantitative estimate of drug-likeness (QED) is 0.632. The molecule has 0 fully saturated rings. The first-order chi connectivity index (χ1) is 12.0. The minimum absolute atomic E-state index is 0.0513. The second kappa shape index (κ2) is 7.37. The Hall–Kier alpha value is -2.18. The van der Waals surface area contributed by atoms with Gasteiger partial charge in [-0.3, -0.25) is 4.79 Å². The van der Waals surface area contributed by atoms with Crippen molar-refractivity contribution < 1.29 is 9.53 Å². The summed E-state index contributed by atoms with van der Waals surface area (Å²) in [5.41, 5.74) is 3.32. The van der Waals surface area contributed by atoms with Crippen molar-refractivity contribution in [2.24, 2.45) is 0 Å². The number of benzene rings is 1. The largest absolute Gasteiger partial charge is 0.461 e. The minimum Gasteiger partial charge on any atom is -0.461 e. The summed E-state index contributed by atoms with van der Waals surface area (Å²) in [6.07, 6.45) is 2.20. The number of rotatable bonds is 5. The zero-order valence-electron chi connectivity index (χ0n) is 13.8. The summed E-state index contributed by atoms with van der Waals surface area (Å²) >= 11 is 12.1. The van der Waals surface area contributed by atoms with E-state index in [0.29, 0.717) is 27.8 Å². The molecule has 0 radical (unpaired) electrons. The highest BCUT2D eigenvalue weighted by atomic mass is 35.5. The number of aryl methyl sites for hydroxylation is 2. The van der Waals surface area contributed by atoms with Crippen LogP contribution in [0.1, 0.15) is 28.9 Å². The lowest BCUT2D eigenvalue weighted by Crippen LogP contribution is -2.10. The van der Waals surface area contributed by atoms with Gasteiger partial charge in [-0.2, -0.15) is 10.1 Å². The molecule has 6 nitrogen and oxygen atoms in total. The van der Waals surface area contributed by atoms with Crippen molar-refractivity contribution >= 4 is 34.9 Å². The van der Waals surface area contributed by atoms with E-state index in [2.05, 4.69) is 15.1 Å². The fraction of sp³-hybridized carbons (Fsp3) is 0.294.